The van der Waals surface area contributed by atoms with Crippen LogP contribution in [0.2, 0.25) is 0 Å². The molecule has 1 aromatic heterocycles. The smallest absolute Gasteiger partial charge is 0.0530 e. The molecule has 1 aromatic rings. The number of hydrogen-bond donors (Lipinski definition) is 0. The number of aryl methyl sites for hydroxylation is 1. The number of aromatic nitrogens is 2. The Balaban J connectivity index is 2.31. The summed E-state index contributed by atoms with van der Waals surface area (Å²) in [6.07, 6.45) is 4.01. The average molecular weight is 205 g/mol. The van der Waals surface area contributed by atoms with Crippen molar-refractivity contribution < 1.29 is 0 Å². The molecule has 0 radical (unpaired) electrons. The second-order valence-electron chi connectivity index (χ2n) is 2.45. The molecule has 1 rings (SSSR count). The van der Waals surface area contributed by atoms with Crippen LogP contribution in [-0.4, -0.2) is 21.4 Å². The van der Waals surface area contributed by atoms with E-state index in [4.69, 9.17) is 11.6 Å². The van der Waals surface area contributed by atoms with E-state index in [9.17, 15) is 0 Å². The summed E-state index contributed by atoms with van der Waals surface area (Å²) in [4.78, 5) is 0. The maximum Gasteiger partial charge on any atom is 0.0530 e. The van der Waals surface area contributed by atoms with E-state index in [0.29, 0.717) is 0 Å². The molecule has 0 atom stereocenters. The van der Waals surface area contributed by atoms with Crippen molar-refractivity contribution in [1.29, 1.82) is 0 Å². The third-order valence-corrected chi connectivity index (χ3v) is 2.94. The topological polar surface area (TPSA) is 17.8 Å². The molecule has 1 heterocycles. The van der Waals surface area contributed by atoms with Gasteiger partial charge in [-0.1, -0.05) is 0 Å². The molecule has 0 saturated heterocycles. The summed E-state index contributed by atoms with van der Waals surface area (Å²) in [5.74, 6) is 2.76. The van der Waals surface area contributed by atoms with Gasteiger partial charge >= 0.3 is 0 Å². The first-order valence-electron chi connectivity index (χ1n) is 4.02. The van der Waals surface area contributed by atoms with E-state index in [1.807, 2.05) is 22.6 Å². The van der Waals surface area contributed by atoms with Crippen LogP contribution >= 0.6 is 23.4 Å². The Morgan fingerprint density at radius 3 is 3.08 bits per heavy atom. The first-order valence-corrected chi connectivity index (χ1v) is 5.70. The lowest BCUT2D eigenvalue weighted by molar-refractivity contribution is 0.659. The number of hydrogen-bond acceptors (Lipinski definition) is 2. The molecule has 0 aliphatic heterocycles. The predicted octanol–water partition coefficient (Wildman–Crippen LogP) is 2.38. The molecule has 0 N–H and O–H groups in total. The van der Waals surface area contributed by atoms with Gasteiger partial charge in [0.2, 0.25) is 0 Å². The van der Waals surface area contributed by atoms with Crippen LogP contribution in [0.25, 0.3) is 0 Å². The van der Waals surface area contributed by atoms with Crippen molar-refractivity contribution in [3.8, 4) is 0 Å². The van der Waals surface area contributed by atoms with Crippen molar-refractivity contribution >= 4 is 23.4 Å². The Morgan fingerprint density at radius 1 is 1.67 bits per heavy atom. The molecule has 0 fully saturated rings. The standard InChI is InChI=1S/C8H13ClN2S/c1-2-11-6-8(5-10-11)7-12-4-3-9/h5-6H,2-4,7H2,1H3. The molecule has 0 aliphatic rings. The third kappa shape index (κ3) is 3.07. The zero-order valence-electron chi connectivity index (χ0n) is 7.16. The van der Waals surface area contributed by atoms with Crippen LogP contribution < -0.4 is 0 Å². The number of alkyl halides is 1. The van der Waals surface area contributed by atoms with Gasteiger partial charge in [-0.05, 0) is 12.5 Å². The minimum Gasteiger partial charge on any atom is -0.273 e. The largest absolute Gasteiger partial charge is 0.273 e. The molecular formula is C8H13ClN2S. The predicted molar refractivity (Wildman–Crippen MR) is 54.8 cm³/mol. The van der Waals surface area contributed by atoms with Gasteiger partial charge in [-0.2, -0.15) is 16.9 Å². The normalized spacial score (nSPS) is 10.5. The van der Waals surface area contributed by atoms with Crippen LogP contribution in [-0.2, 0) is 12.3 Å². The second kappa shape index (κ2) is 5.49. The van der Waals surface area contributed by atoms with Crippen LogP contribution in [0.4, 0.5) is 0 Å². The fraction of sp³-hybridized carbons (Fsp3) is 0.625. The molecule has 0 saturated carbocycles. The summed E-state index contributed by atoms with van der Waals surface area (Å²) in [6.45, 7) is 3.03. The molecule has 68 valence electrons. The SMILES string of the molecule is CCn1cc(CSCCCl)cn1. The summed E-state index contributed by atoms with van der Waals surface area (Å²) in [7, 11) is 0. The highest BCUT2D eigenvalue weighted by Gasteiger charge is 1.96. The van der Waals surface area contributed by atoms with Gasteiger partial charge in [0.05, 0.1) is 6.20 Å². The maximum atomic E-state index is 5.56. The Hall–Kier alpha value is -0.150. The fourth-order valence-electron chi connectivity index (χ4n) is 0.898. The fourth-order valence-corrected chi connectivity index (χ4v) is 1.86. The molecule has 0 bridgehead atoms. The zero-order chi connectivity index (χ0) is 8.81. The van der Waals surface area contributed by atoms with Crippen molar-refractivity contribution in [2.75, 3.05) is 11.6 Å². The third-order valence-electron chi connectivity index (χ3n) is 1.50. The average Bonchev–Trinajstić information content (AvgIpc) is 2.53. The van der Waals surface area contributed by atoms with E-state index in [1.54, 1.807) is 0 Å². The molecular weight excluding hydrogens is 192 g/mol. The number of rotatable bonds is 5. The van der Waals surface area contributed by atoms with Crippen molar-refractivity contribution in [3.63, 3.8) is 0 Å². The van der Waals surface area contributed by atoms with E-state index in [0.717, 1.165) is 23.9 Å². The lowest BCUT2D eigenvalue weighted by atomic mass is 10.4. The Kier molecular flexibility index (Phi) is 4.54. The number of halogens is 1. The summed E-state index contributed by atoms with van der Waals surface area (Å²) < 4.78 is 1.94. The van der Waals surface area contributed by atoms with Crippen LogP contribution in [0.5, 0.6) is 0 Å². The minimum atomic E-state index is 0.729. The maximum absolute atomic E-state index is 5.56. The summed E-state index contributed by atoms with van der Waals surface area (Å²) in [5, 5.41) is 4.18. The highest BCUT2D eigenvalue weighted by Crippen LogP contribution is 2.11. The van der Waals surface area contributed by atoms with E-state index in [2.05, 4.69) is 18.2 Å². The van der Waals surface area contributed by atoms with Crippen molar-refractivity contribution in [2.24, 2.45) is 0 Å². The van der Waals surface area contributed by atoms with Crippen LogP contribution in [0.15, 0.2) is 12.4 Å². The van der Waals surface area contributed by atoms with Gasteiger partial charge in [-0.3, -0.25) is 4.68 Å². The molecule has 0 aliphatic carbocycles. The zero-order valence-corrected chi connectivity index (χ0v) is 8.74. The Morgan fingerprint density at radius 2 is 2.50 bits per heavy atom. The lowest BCUT2D eigenvalue weighted by Crippen LogP contribution is -1.92. The van der Waals surface area contributed by atoms with E-state index in [1.165, 1.54) is 5.56 Å². The number of thioether (sulfide) groups is 1. The van der Waals surface area contributed by atoms with Gasteiger partial charge in [-0.15, -0.1) is 11.6 Å². The van der Waals surface area contributed by atoms with Crippen molar-refractivity contribution in [2.45, 2.75) is 19.2 Å². The van der Waals surface area contributed by atoms with E-state index in [-0.39, 0.29) is 0 Å². The number of nitrogens with zero attached hydrogens (tertiary/aromatic N) is 2. The molecule has 12 heavy (non-hydrogen) atoms. The van der Waals surface area contributed by atoms with Crippen LogP contribution in [0.1, 0.15) is 12.5 Å². The van der Waals surface area contributed by atoms with Gasteiger partial charge < -0.3 is 0 Å². The minimum absolute atomic E-state index is 0.729. The molecule has 0 spiro atoms. The molecule has 0 unspecified atom stereocenters. The quantitative estimate of drug-likeness (QED) is 0.542. The van der Waals surface area contributed by atoms with Crippen LogP contribution in [0.3, 0.4) is 0 Å². The highest BCUT2D eigenvalue weighted by molar-refractivity contribution is 7.98. The van der Waals surface area contributed by atoms with E-state index >= 15 is 0 Å². The molecule has 2 nitrogen and oxygen atoms in total. The highest BCUT2D eigenvalue weighted by atomic mass is 35.5. The Labute approximate surface area is 82.3 Å². The van der Waals surface area contributed by atoms with Crippen LogP contribution in [0, 0.1) is 0 Å². The summed E-state index contributed by atoms with van der Waals surface area (Å²) in [6, 6.07) is 0. The summed E-state index contributed by atoms with van der Waals surface area (Å²) >= 11 is 7.40. The summed E-state index contributed by atoms with van der Waals surface area (Å²) in [5.41, 5.74) is 1.28. The van der Waals surface area contributed by atoms with Crippen molar-refractivity contribution in [3.05, 3.63) is 18.0 Å². The first kappa shape index (κ1) is 9.93. The molecule has 0 aromatic carbocycles. The van der Waals surface area contributed by atoms with Gasteiger partial charge in [-0.25, -0.2) is 0 Å². The van der Waals surface area contributed by atoms with Crippen molar-refractivity contribution in [1.82, 2.24) is 9.78 Å². The second-order valence-corrected chi connectivity index (χ2v) is 3.93. The molecule has 0 amide bonds. The van der Waals surface area contributed by atoms with Gasteiger partial charge in [0.25, 0.3) is 0 Å². The van der Waals surface area contributed by atoms with Gasteiger partial charge in [0.15, 0.2) is 0 Å². The first-order chi connectivity index (χ1) is 5.86. The van der Waals surface area contributed by atoms with E-state index < -0.39 is 0 Å². The monoisotopic (exact) mass is 204 g/mol. The molecule has 4 heteroatoms. The lowest BCUT2D eigenvalue weighted by Gasteiger charge is -1.94. The Bertz CT molecular complexity index is 225. The van der Waals surface area contributed by atoms with Gasteiger partial charge in [0.1, 0.15) is 0 Å². The van der Waals surface area contributed by atoms with Gasteiger partial charge in [0, 0.05) is 30.1 Å².